The Hall–Kier alpha value is -5.01. The summed E-state index contributed by atoms with van der Waals surface area (Å²) >= 11 is 0. The van der Waals surface area contributed by atoms with Crippen LogP contribution in [0.3, 0.4) is 0 Å². The van der Waals surface area contributed by atoms with Crippen LogP contribution in [0.1, 0.15) is 26.3 Å². The SMILES string of the molecule is CC(C)(C)C(=O)Nc1cncc(-c2cc3c(-c4cc5c(-c6cc(F)cc(CNS(C)(=O)=O)c6)nccc5[nH]4)n[nH]c3cn2)c1. The topological polar surface area (TPSA) is 158 Å². The molecule has 0 radical (unpaired) electrons. The van der Waals surface area contributed by atoms with Crippen molar-refractivity contribution in [3.8, 4) is 33.9 Å². The van der Waals surface area contributed by atoms with Crippen molar-refractivity contribution in [1.82, 2.24) is 34.9 Å². The van der Waals surface area contributed by atoms with Crippen molar-refractivity contribution in [1.29, 1.82) is 0 Å². The molecule has 13 heteroatoms. The van der Waals surface area contributed by atoms with Crippen molar-refractivity contribution in [3.05, 3.63) is 78.6 Å². The number of nitrogens with zero attached hydrogens (tertiary/aromatic N) is 4. The maximum Gasteiger partial charge on any atom is 0.229 e. The van der Waals surface area contributed by atoms with Crippen LogP contribution in [-0.2, 0) is 21.4 Å². The van der Waals surface area contributed by atoms with Gasteiger partial charge in [0.2, 0.25) is 15.9 Å². The number of rotatable bonds is 7. The van der Waals surface area contributed by atoms with Crippen molar-refractivity contribution in [3.63, 3.8) is 0 Å². The second kappa shape index (κ2) is 10.9. The number of carbonyl (C=O) groups is 1. The van der Waals surface area contributed by atoms with E-state index >= 15 is 0 Å². The molecular formula is C31H29FN8O3S. The number of hydrogen-bond donors (Lipinski definition) is 4. The number of aromatic nitrogens is 6. The van der Waals surface area contributed by atoms with Gasteiger partial charge in [0.1, 0.15) is 11.5 Å². The molecule has 0 unspecified atom stereocenters. The molecule has 0 aliphatic heterocycles. The molecule has 224 valence electrons. The molecule has 0 spiro atoms. The number of halogens is 1. The highest BCUT2D eigenvalue weighted by molar-refractivity contribution is 7.88. The second-order valence-corrected chi connectivity index (χ2v) is 13.4. The van der Waals surface area contributed by atoms with E-state index in [2.05, 4.69) is 40.2 Å². The molecule has 11 nitrogen and oxygen atoms in total. The Morgan fingerprint density at radius 2 is 1.73 bits per heavy atom. The molecule has 6 aromatic rings. The first kappa shape index (κ1) is 29.1. The van der Waals surface area contributed by atoms with E-state index in [0.717, 1.165) is 33.6 Å². The van der Waals surface area contributed by atoms with Gasteiger partial charge in [-0.3, -0.25) is 24.8 Å². The highest BCUT2D eigenvalue weighted by Gasteiger charge is 2.22. The third kappa shape index (κ3) is 6.05. The van der Waals surface area contributed by atoms with E-state index < -0.39 is 21.3 Å². The normalized spacial score (nSPS) is 12.2. The van der Waals surface area contributed by atoms with E-state index in [-0.39, 0.29) is 12.5 Å². The average Bonchev–Trinajstić information content (AvgIpc) is 3.59. The Morgan fingerprint density at radius 1 is 0.932 bits per heavy atom. The van der Waals surface area contributed by atoms with Crippen LogP contribution >= 0.6 is 0 Å². The summed E-state index contributed by atoms with van der Waals surface area (Å²) in [5.74, 6) is -0.623. The van der Waals surface area contributed by atoms with Crippen LogP contribution in [-0.4, -0.2) is 50.7 Å². The highest BCUT2D eigenvalue weighted by Crippen LogP contribution is 2.34. The minimum atomic E-state index is -3.45. The third-order valence-electron chi connectivity index (χ3n) is 6.99. The van der Waals surface area contributed by atoms with Gasteiger partial charge >= 0.3 is 0 Å². The zero-order valence-corrected chi connectivity index (χ0v) is 25.2. The quantitative estimate of drug-likeness (QED) is 0.188. The first-order chi connectivity index (χ1) is 20.8. The molecule has 0 bridgehead atoms. The lowest BCUT2D eigenvalue weighted by Crippen LogP contribution is -2.27. The molecule has 1 aromatic carbocycles. The summed E-state index contributed by atoms with van der Waals surface area (Å²) in [6.07, 6.45) is 7.64. The Balaban J connectivity index is 1.37. The van der Waals surface area contributed by atoms with E-state index in [4.69, 9.17) is 0 Å². The molecule has 4 N–H and O–H groups in total. The minimum absolute atomic E-state index is 0.0467. The number of anilines is 1. The molecule has 0 saturated heterocycles. The summed E-state index contributed by atoms with van der Waals surface area (Å²) in [6, 6.07) is 11.8. The van der Waals surface area contributed by atoms with Gasteiger partial charge in [0, 0.05) is 51.8 Å². The van der Waals surface area contributed by atoms with Gasteiger partial charge in [-0.2, -0.15) is 5.10 Å². The average molecular weight is 613 g/mol. The summed E-state index contributed by atoms with van der Waals surface area (Å²) in [7, 11) is -3.45. The number of aromatic amines is 2. The molecule has 6 rings (SSSR count). The number of benzene rings is 1. The minimum Gasteiger partial charge on any atom is -0.353 e. The molecule has 0 atom stereocenters. The van der Waals surface area contributed by atoms with Gasteiger partial charge in [0.15, 0.2) is 0 Å². The van der Waals surface area contributed by atoms with Gasteiger partial charge < -0.3 is 10.3 Å². The first-order valence-corrected chi connectivity index (χ1v) is 15.6. The van der Waals surface area contributed by atoms with Gasteiger partial charge in [0.25, 0.3) is 0 Å². The monoisotopic (exact) mass is 612 g/mol. The van der Waals surface area contributed by atoms with Crippen molar-refractivity contribution in [2.75, 3.05) is 11.6 Å². The molecule has 0 aliphatic rings. The Bertz CT molecular complexity index is 2170. The smallest absolute Gasteiger partial charge is 0.229 e. The van der Waals surface area contributed by atoms with E-state index in [9.17, 15) is 17.6 Å². The fourth-order valence-electron chi connectivity index (χ4n) is 4.76. The standard InChI is InChI=1S/C31H29FN8O3S/c1-31(2,3)30(41)37-21-10-19(14-33-15-21)25-11-23-27(16-35-25)39-40-29(23)26-12-22-24(38-26)5-6-34-28(22)18-7-17(8-20(32)9-18)13-36-44(4,42)43/h5-12,14-16,36,38H,13H2,1-4H3,(H,37,41)(H,39,40). The van der Waals surface area contributed by atoms with Crippen molar-refractivity contribution in [2.24, 2.45) is 5.41 Å². The summed E-state index contributed by atoms with van der Waals surface area (Å²) < 4.78 is 40.1. The van der Waals surface area contributed by atoms with Crippen LogP contribution in [0.4, 0.5) is 10.1 Å². The highest BCUT2D eigenvalue weighted by atomic mass is 32.2. The van der Waals surface area contributed by atoms with E-state index in [1.165, 1.54) is 12.1 Å². The molecular weight excluding hydrogens is 583 g/mol. The molecule has 5 aromatic heterocycles. The lowest BCUT2D eigenvalue weighted by Gasteiger charge is -2.17. The van der Waals surface area contributed by atoms with E-state index in [1.54, 1.807) is 30.9 Å². The Morgan fingerprint density at radius 3 is 2.50 bits per heavy atom. The van der Waals surface area contributed by atoms with Crippen molar-refractivity contribution >= 4 is 43.4 Å². The summed E-state index contributed by atoms with van der Waals surface area (Å²) in [6.45, 7) is 5.48. The largest absolute Gasteiger partial charge is 0.353 e. The predicted octanol–water partition coefficient (Wildman–Crippen LogP) is 5.40. The van der Waals surface area contributed by atoms with Crippen LogP contribution in [0.5, 0.6) is 0 Å². The summed E-state index contributed by atoms with van der Waals surface area (Å²) in [5.41, 5.74) is 5.74. The molecule has 0 aliphatic carbocycles. The number of H-pyrrole nitrogens is 2. The van der Waals surface area contributed by atoms with Crippen molar-refractivity contribution < 1.29 is 17.6 Å². The summed E-state index contributed by atoms with van der Waals surface area (Å²) in [4.78, 5) is 29.3. The maximum atomic E-state index is 14.6. The fraction of sp³-hybridized carbons (Fsp3) is 0.194. The number of hydrogen-bond acceptors (Lipinski definition) is 7. The first-order valence-electron chi connectivity index (χ1n) is 13.7. The number of amides is 1. The Labute approximate surface area is 252 Å². The number of sulfonamides is 1. The van der Waals surface area contributed by atoms with E-state index in [1.807, 2.05) is 45.0 Å². The van der Waals surface area contributed by atoms with Crippen LogP contribution < -0.4 is 10.0 Å². The van der Waals surface area contributed by atoms with Crippen LogP contribution in [0.25, 0.3) is 55.7 Å². The van der Waals surface area contributed by atoms with Crippen LogP contribution in [0.15, 0.2) is 67.3 Å². The number of pyridine rings is 3. The van der Waals surface area contributed by atoms with Crippen molar-refractivity contribution in [2.45, 2.75) is 27.3 Å². The van der Waals surface area contributed by atoms with Gasteiger partial charge in [-0.15, -0.1) is 0 Å². The van der Waals surface area contributed by atoms with Gasteiger partial charge in [-0.25, -0.2) is 17.5 Å². The van der Waals surface area contributed by atoms with Gasteiger partial charge in [-0.1, -0.05) is 20.8 Å². The molecule has 1 amide bonds. The molecule has 0 fully saturated rings. The predicted molar refractivity (Wildman–Crippen MR) is 167 cm³/mol. The van der Waals surface area contributed by atoms with Gasteiger partial charge in [0.05, 0.1) is 46.9 Å². The summed E-state index contributed by atoms with van der Waals surface area (Å²) in [5, 5.41) is 12.0. The molecule has 5 heterocycles. The maximum absolute atomic E-state index is 14.6. The second-order valence-electron chi connectivity index (χ2n) is 11.6. The lowest BCUT2D eigenvalue weighted by atomic mass is 9.95. The zero-order chi connectivity index (χ0) is 31.2. The zero-order valence-electron chi connectivity index (χ0n) is 24.4. The molecule has 44 heavy (non-hydrogen) atoms. The lowest BCUT2D eigenvalue weighted by molar-refractivity contribution is -0.123. The van der Waals surface area contributed by atoms with Gasteiger partial charge in [-0.05, 0) is 48.0 Å². The molecule has 0 saturated carbocycles. The van der Waals surface area contributed by atoms with Crippen LogP contribution in [0.2, 0.25) is 0 Å². The van der Waals surface area contributed by atoms with E-state index in [0.29, 0.717) is 39.6 Å². The van der Waals surface area contributed by atoms with Crippen LogP contribution in [0, 0.1) is 11.2 Å². The Kier molecular flexibility index (Phi) is 7.22. The fourth-order valence-corrected chi connectivity index (χ4v) is 5.19. The number of carbonyl (C=O) groups excluding carboxylic acids is 1. The number of fused-ring (bicyclic) bond motifs is 2. The third-order valence-corrected chi connectivity index (χ3v) is 7.66. The number of nitrogens with one attached hydrogen (secondary N) is 4.